The van der Waals surface area contributed by atoms with Gasteiger partial charge in [-0.1, -0.05) is 6.07 Å². The second-order valence-corrected chi connectivity index (χ2v) is 6.86. The number of hydrogen-bond acceptors (Lipinski definition) is 5. The third-order valence-corrected chi connectivity index (χ3v) is 4.77. The van der Waals surface area contributed by atoms with Crippen molar-refractivity contribution in [3.8, 4) is 11.6 Å². The molecule has 0 unspecified atom stereocenters. The van der Waals surface area contributed by atoms with E-state index in [2.05, 4.69) is 15.1 Å². The van der Waals surface area contributed by atoms with Gasteiger partial charge < -0.3 is 10.1 Å². The molecule has 7 nitrogen and oxygen atoms in total. The maximum atomic E-state index is 14.1. The van der Waals surface area contributed by atoms with Crippen LogP contribution in [0.4, 0.5) is 32.0 Å². The molecule has 0 aliphatic rings. The van der Waals surface area contributed by atoms with Crippen LogP contribution in [0.3, 0.4) is 0 Å². The fourth-order valence-electron chi connectivity index (χ4n) is 3.41. The van der Waals surface area contributed by atoms with Crippen LogP contribution in [0.15, 0.2) is 55.0 Å². The molecule has 0 aliphatic carbocycles. The number of alkyl halides is 6. The van der Waals surface area contributed by atoms with Gasteiger partial charge in [0.05, 0.1) is 30.2 Å². The predicted molar refractivity (Wildman–Crippen MR) is 108 cm³/mol. The number of methoxy groups -OCH3 is 1. The molecular formula is C21H13F6N5O2. The van der Waals surface area contributed by atoms with Gasteiger partial charge in [-0.05, 0) is 30.3 Å². The van der Waals surface area contributed by atoms with Gasteiger partial charge in [-0.3, -0.25) is 9.78 Å². The summed E-state index contributed by atoms with van der Waals surface area (Å²) in [5.41, 5.74) is -4.68. The fraction of sp³-hybridized carbons (Fsp3) is 0.143. The number of fused-ring (bicyclic) bond motifs is 1. The molecule has 1 amide bonds. The van der Waals surface area contributed by atoms with E-state index in [1.165, 1.54) is 31.5 Å². The fourth-order valence-corrected chi connectivity index (χ4v) is 3.41. The average molecular weight is 481 g/mol. The monoisotopic (exact) mass is 481 g/mol. The summed E-state index contributed by atoms with van der Waals surface area (Å²) in [6.45, 7) is 0. The number of aromatic nitrogens is 4. The SMILES string of the molecule is COc1nccc2c(-n3ncc(NC(=O)c4cccnc4C(F)(F)F)c3C(F)(F)F)cccc12. The largest absolute Gasteiger partial charge is 0.481 e. The van der Waals surface area contributed by atoms with E-state index < -0.39 is 40.9 Å². The predicted octanol–water partition coefficient (Wildman–Crippen LogP) is 5.11. The van der Waals surface area contributed by atoms with Gasteiger partial charge in [0.1, 0.15) is 0 Å². The number of amides is 1. The molecule has 1 N–H and O–H groups in total. The molecule has 13 heteroatoms. The van der Waals surface area contributed by atoms with Crippen molar-refractivity contribution in [1.82, 2.24) is 19.7 Å². The summed E-state index contributed by atoms with van der Waals surface area (Å²) in [6, 6.07) is 7.75. The number of hydrogen-bond donors (Lipinski definition) is 1. The Morgan fingerprint density at radius 1 is 0.941 bits per heavy atom. The van der Waals surface area contributed by atoms with Crippen LogP contribution in [0.1, 0.15) is 21.7 Å². The summed E-state index contributed by atoms with van der Waals surface area (Å²) in [4.78, 5) is 19.7. The molecule has 0 bridgehead atoms. The van der Waals surface area contributed by atoms with Crippen molar-refractivity contribution in [1.29, 1.82) is 0 Å². The van der Waals surface area contributed by atoms with Gasteiger partial charge in [-0.25, -0.2) is 9.67 Å². The van der Waals surface area contributed by atoms with Crippen LogP contribution in [-0.4, -0.2) is 32.8 Å². The van der Waals surface area contributed by atoms with E-state index in [0.29, 0.717) is 21.7 Å². The summed E-state index contributed by atoms with van der Waals surface area (Å²) in [6.07, 6.45) is -7.14. The molecule has 34 heavy (non-hydrogen) atoms. The van der Waals surface area contributed by atoms with E-state index >= 15 is 0 Å². The summed E-state index contributed by atoms with van der Waals surface area (Å²) in [5, 5.41) is 6.36. The normalized spacial score (nSPS) is 12.1. The van der Waals surface area contributed by atoms with E-state index in [1.54, 1.807) is 6.07 Å². The minimum absolute atomic E-state index is 0.0108. The van der Waals surface area contributed by atoms with E-state index in [-0.39, 0.29) is 11.6 Å². The number of pyridine rings is 2. The first-order valence-corrected chi connectivity index (χ1v) is 9.43. The standard InChI is InChI=1S/C21H13F6N5O2/c1-34-19-12-4-2-6-15(11(12)7-9-29-19)32-17(21(25,26)27)14(10-30-32)31-18(33)13-5-3-8-28-16(13)20(22,23)24/h2-10H,1H3,(H,31,33). The van der Waals surface area contributed by atoms with Crippen LogP contribution in [0, 0.1) is 0 Å². The van der Waals surface area contributed by atoms with Crippen molar-refractivity contribution < 1.29 is 35.9 Å². The molecule has 176 valence electrons. The molecule has 3 heterocycles. The topological polar surface area (TPSA) is 81.9 Å². The number of nitrogens with one attached hydrogen (secondary N) is 1. The molecular weight excluding hydrogens is 468 g/mol. The Morgan fingerprint density at radius 2 is 1.71 bits per heavy atom. The van der Waals surface area contributed by atoms with Gasteiger partial charge in [0, 0.05) is 23.2 Å². The number of carbonyl (C=O) groups is 1. The lowest BCUT2D eigenvalue weighted by Gasteiger charge is -2.16. The van der Waals surface area contributed by atoms with Crippen molar-refractivity contribution in [2.75, 3.05) is 12.4 Å². The second kappa shape index (κ2) is 8.32. The zero-order valence-corrected chi connectivity index (χ0v) is 17.1. The van der Waals surface area contributed by atoms with Crippen LogP contribution in [0.25, 0.3) is 16.5 Å². The van der Waals surface area contributed by atoms with Gasteiger partial charge in [0.15, 0.2) is 11.4 Å². The Labute approximate surface area is 187 Å². The molecule has 4 aromatic rings. The van der Waals surface area contributed by atoms with Gasteiger partial charge in [0.25, 0.3) is 5.91 Å². The van der Waals surface area contributed by atoms with E-state index in [4.69, 9.17) is 4.74 Å². The van der Waals surface area contributed by atoms with Gasteiger partial charge in [0.2, 0.25) is 5.88 Å². The number of anilines is 1. The molecule has 0 spiro atoms. The minimum Gasteiger partial charge on any atom is -0.481 e. The lowest BCUT2D eigenvalue weighted by atomic mass is 10.1. The molecule has 0 saturated heterocycles. The van der Waals surface area contributed by atoms with Crippen molar-refractivity contribution in [2.24, 2.45) is 0 Å². The Bertz CT molecular complexity index is 1380. The lowest BCUT2D eigenvalue weighted by molar-refractivity contribution is -0.142. The van der Waals surface area contributed by atoms with Gasteiger partial charge in [-0.2, -0.15) is 31.4 Å². The first-order valence-electron chi connectivity index (χ1n) is 9.43. The highest BCUT2D eigenvalue weighted by Crippen LogP contribution is 2.39. The van der Waals surface area contributed by atoms with E-state index in [1.807, 2.05) is 5.32 Å². The summed E-state index contributed by atoms with van der Waals surface area (Å²) < 4.78 is 87.4. The minimum atomic E-state index is -5.03. The highest BCUT2D eigenvalue weighted by atomic mass is 19.4. The number of nitrogens with zero attached hydrogens (tertiary/aromatic N) is 4. The summed E-state index contributed by atoms with van der Waals surface area (Å²) in [7, 11) is 1.35. The van der Waals surface area contributed by atoms with Crippen LogP contribution >= 0.6 is 0 Å². The zero-order chi connectivity index (χ0) is 24.7. The van der Waals surface area contributed by atoms with Crippen molar-refractivity contribution in [3.63, 3.8) is 0 Å². The molecule has 0 radical (unpaired) electrons. The molecule has 4 rings (SSSR count). The first-order chi connectivity index (χ1) is 16.0. The highest BCUT2D eigenvalue weighted by molar-refractivity contribution is 6.05. The van der Waals surface area contributed by atoms with E-state index in [9.17, 15) is 31.1 Å². The number of benzene rings is 1. The van der Waals surface area contributed by atoms with Crippen LogP contribution < -0.4 is 10.1 Å². The number of halogens is 6. The maximum Gasteiger partial charge on any atom is 0.435 e. The second-order valence-electron chi connectivity index (χ2n) is 6.86. The van der Waals surface area contributed by atoms with Gasteiger partial charge >= 0.3 is 12.4 Å². The average Bonchev–Trinajstić information content (AvgIpc) is 3.21. The quantitative estimate of drug-likeness (QED) is 0.410. The molecule has 0 saturated carbocycles. The smallest absolute Gasteiger partial charge is 0.435 e. The van der Waals surface area contributed by atoms with Crippen LogP contribution in [-0.2, 0) is 12.4 Å². The van der Waals surface area contributed by atoms with Crippen molar-refractivity contribution in [2.45, 2.75) is 12.4 Å². The first kappa shape index (κ1) is 23.0. The Balaban J connectivity index is 1.83. The summed E-state index contributed by atoms with van der Waals surface area (Å²) in [5.74, 6) is -1.25. The van der Waals surface area contributed by atoms with Crippen LogP contribution in [0.5, 0.6) is 5.88 Å². The van der Waals surface area contributed by atoms with Crippen LogP contribution in [0.2, 0.25) is 0 Å². The number of carbonyl (C=O) groups excluding carboxylic acids is 1. The summed E-state index contributed by atoms with van der Waals surface area (Å²) >= 11 is 0. The molecule has 1 aromatic carbocycles. The number of ether oxygens (including phenoxy) is 1. The molecule has 0 fully saturated rings. The lowest BCUT2D eigenvalue weighted by Crippen LogP contribution is -2.22. The molecule has 3 aromatic heterocycles. The van der Waals surface area contributed by atoms with Crippen molar-refractivity contribution >= 4 is 22.4 Å². The molecule has 0 atom stereocenters. The third kappa shape index (κ3) is 4.11. The number of rotatable bonds is 4. The Kier molecular flexibility index (Phi) is 5.63. The Morgan fingerprint density at radius 3 is 2.38 bits per heavy atom. The third-order valence-electron chi connectivity index (χ3n) is 4.77. The zero-order valence-electron chi connectivity index (χ0n) is 17.1. The maximum absolute atomic E-state index is 14.1. The van der Waals surface area contributed by atoms with Gasteiger partial charge in [-0.15, -0.1) is 0 Å². The highest BCUT2D eigenvalue weighted by Gasteiger charge is 2.41. The van der Waals surface area contributed by atoms with Crippen molar-refractivity contribution in [3.05, 3.63) is 71.9 Å². The van der Waals surface area contributed by atoms with E-state index in [0.717, 1.165) is 18.3 Å². The Hall–Kier alpha value is -4.16. The molecule has 0 aliphatic heterocycles.